The number of aliphatic carboxylic acids is 3. The quantitative estimate of drug-likeness (QED) is 0.412. The van der Waals surface area contributed by atoms with E-state index in [1.165, 1.54) is 0 Å². The van der Waals surface area contributed by atoms with E-state index in [0.717, 1.165) is 52.6 Å². The Hall–Kier alpha value is -1.79. The van der Waals surface area contributed by atoms with Crippen LogP contribution >= 0.6 is 0 Å². The molecule has 25 heavy (non-hydrogen) atoms. The molecule has 0 aromatic carbocycles. The van der Waals surface area contributed by atoms with Crippen LogP contribution in [0.25, 0.3) is 0 Å². The molecular weight excluding hydrogens is 340 g/mol. The minimum absolute atomic E-state index is 0.897. The summed E-state index contributed by atoms with van der Waals surface area (Å²) in [6, 6.07) is 0. The Morgan fingerprint density at radius 3 is 1.60 bits per heavy atom. The van der Waals surface area contributed by atoms with Crippen LogP contribution in [0.15, 0.2) is 0 Å². The zero-order valence-corrected chi connectivity index (χ0v) is 14.0. The van der Waals surface area contributed by atoms with Crippen LogP contribution in [0.2, 0.25) is 0 Å². The van der Waals surface area contributed by atoms with Crippen molar-refractivity contribution in [3.63, 3.8) is 0 Å². The van der Waals surface area contributed by atoms with Gasteiger partial charge in [-0.15, -0.1) is 0 Å². The lowest BCUT2D eigenvalue weighted by Crippen LogP contribution is -2.87. The maximum absolute atomic E-state index is 10.1. The van der Waals surface area contributed by atoms with Crippen LogP contribution in [0.3, 0.4) is 0 Å². The second-order valence-electron chi connectivity index (χ2n) is 5.05. The van der Waals surface area contributed by atoms with Gasteiger partial charge in [-0.2, -0.15) is 0 Å². The van der Waals surface area contributed by atoms with Crippen LogP contribution in [0, 0.1) is 0 Å². The first kappa shape index (κ1) is 23.2. The van der Waals surface area contributed by atoms with Crippen molar-refractivity contribution in [3.05, 3.63) is 0 Å². The van der Waals surface area contributed by atoms with Crippen molar-refractivity contribution in [2.75, 3.05) is 59.2 Å². The van der Waals surface area contributed by atoms with Gasteiger partial charge in [0.05, 0.1) is 58.6 Å². The fourth-order valence-electron chi connectivity index (χ4n) is 1.69. The van der Waals surface area contributed by atoms with Crippen molar-refractivity contribution in [3.8, 4) is 0 Å². The fourth-order valence-corrected chi connectivity index (χ4v) is 1.69. The molecule has 146 valence electrons. The second-order valence-corrected chi connectivity index (χ2v) is 5.05. The molecule has 2 aliphatic heterocycles. The minimum atomic E-state index is -1.79. The Kier molecular flexibility index (Phi) is 14.6. The summed E-state index contributed by atoms with van der Waals surface area (Å²) < 4.78 is 14.3. The maximum atomic E-state index is 10.1. The number of carbonyl (C=O) groups excluding carboxylic acids is 2. The summed E-state index contributed by atoms with van der Waals surface area (Å²) in [4.78, 5) is 30.0. The summed E-state index contributed by atoms with van der Waals surface area (Å²) >= 11 is 0. The van der Waals surface area contributed by atoms with Crippen molar-refractivity contribution in [2.45, 2.75) is 12.5 Å². The Morgan fingerprint density at radius 2 is 1.40 bits per heavy atom. The van der Waals surface area contributed by atoms with E-state index in [2.05, 4.69) is 15.4 Å². The topological polar surface area (TPSA) is 178 Å². The van der Waals surface area contributed by atoms with E-state index >= 15 is 0 Å². The van der Waals surface area contributed by atoms with Crippen molar-refractivity contribution in [1.29, 1.82) is 0 Å². The van der Waals surface area contributed by atoms with Crippen LogP contribution in [0.5, 0.6) is 0 Å². The van der Waals surface area contributed by atoms with Gasteiger partial charge in [-0.3, -0.25) is 0 Å². The first-order valence-electron chi connectivity index (χ1n) is 7.96. The second kappa shape index (κ2) is 15.7. The monoisotopic (exact) mass is 366 g/mol. The number of hydrogen-bond acceptors (Lipinski definition) is 8. The molecule has 5 N–H and O–H groups in total. The average Bonchev–Trinajstić information content (AvgIpc) is 2.62. The summed E-state index contributed by atoms with van der Waals surface area (Å²) in [5, 5.41) is 32.7. The Labute approximate surface area is 145 Å². The largest absolute Gasteiger partial charge is 0.550 e. The summed E-state index contributed by atoms with van der Waals surface area (Å²) in [7, 11) is 0. The smallest absolute Gasteiger partial charge is 0.329 e. The average molecular weight is 366 g/mol. The highest BCUT2D eigenvalue weighted by Gasteiger charge is 2.12. The number of carboxylic acid groups (broad SMARTS) is 3. The van der Waals surface area contributed by atoms with Crippen LogP contribution in [-0.4, -0.2) is 88.3 Å². The van der Waals surface area contributed by atoms with E-state index < -0.39 is 37.0 Å². The van der Waals surface area contributed by atoms with Crippen molar-refractivity contribution in [2.24, 2.45) is 0 Å². The van der Waals surface area contributed by atoms with E-state index in [0.29, 0.717) is 0 Å². The first-order chi connectivity index (χ1) is 11.9. The van der Waals surface area contributed by atoms with Crippen molar-refractivity contribution < 1.29 is 54.5 Å². The zero-order chi connectivity index (χ0) is 18.9. The number of rotatable bonds is 6. The highest BCUT2D eigenvalue weighted by atomic mass is 16.5. The standard InChI is InChI=1S/C6H8O7.2C4H9NO/c7-4(8)1-3(6(11)12)13-2-5(9)10;2*1-3-6-4-2-5-1/h3H,1-2H2,(H,7,8)(H,9,10)(H,11,12);2*5H,1-4H2. The molecule has 0 amide bonds. The third-order valence-corrected chi connectivity index (χ3v) is 2.89. The normalized spacial score (nSPS) is 17.8. The predicted octanol–water partition coefficient (Wildman–Crippen LogP) is -6.49. The van der Waals surface area contributed by atoms with Gasteiger partial charge in [0.15, 0.2) is 0 Å². The van der Waals surface area contributed by atoms with Crippen LogP contribution < -0.4 is 20.8 Å². The van der Waals surface area contributed by atoms with Crippen LogP contribution in [0.1, 0.15) is 6.42 Å². The van der Waals surface area contributed by atoms with Crippen LogP contribution in [0.4, 0.5) is 0 Å². The SMILES string of the molecule is C1COCC[NH2+]1.C1COCC[NH2+]1.O=C([O-])CC(OCC(=O)O)C(=O)[O-]. The first-order valence-corrected chi connectivity index (χ1v) is 7.96. The Bertz CT molecular complexity index is 349. The van der Waals surface area contributed by atoms with E-state index in [1.54, 1.807) is 0 Å². The number of nitrogens with two attached hydrogens (primary N) is 2. The number of ether oxygens (including phenoxy) is 3. The van der Waals surface area contributed by atoms with E-state index in [1.807, 2.05) is 0 Å². The zero-order valence-electron chi connectivity index (χ0n) is 14.0. The molecular formula is C14H26N2O9. The molecule has 2 saturated heterocycles. The molecule has 0 saturated carbocycles. The van der Waals surface area contributed by atoms with Gasteiger partial charge in [0, 0.05) is 12.4 Å². The molecule has 0 bridgehead atoms. The molecule has 1 unspecified atom stereocenters. The molecule has 0 aliphatic carbocycles. The van der Waals surface area contributed by atoms with E-state index in [-0.39, 0.29) is 0 Å². The Balaban J connectivity index is 0.000000392. The van der Waals surface area contributed by atoms with Gasteiger partial charge in [0.1, 0.15) is 12.7 Å². The molecule has 0 radical (unpaired) electrons. The van der Waals surface area contributed by atoms with E-state index in [9.17, 15) is 24.6 Å². The molecule has 1 atom stereocenters. The summed E-state index contributed by atoms with van der Waals surface area (Å²) in [5.74, 6) is -4.84. The maximum Gasteiger partial charge on any atom is 0.329 e. The molecule has 11 heteroatoms. The fraction of sp³-hybridized carbons (Fsp3) is 0.786. The third-order valence-electron chi connectivity index (χ3n) is 2.89. The Morgan fingerprint density at radius 1 is 0.960 bits per heavy atom. The number of quaternary nitrogens is 2. The predicted molar refractivity (Wildman–Crippen MR) is 77.0 cm³/mol. The summed E-state index contributed by atoms with van der Waals surface area (Å²) in [5.41, 5.74) is 0. The third kappa shape index (κ3) is 16.8. The van der Waals surface area contributed by atoms with Gasteiger partial charge in [-0.1, -0.05) is 0 Å². The van der Waals surface area contributed by atoms with Crippen molar-refractivity contribution >= 4 is 17.9 Å². The molecule has 11 nitrogen and oxygen atoms in total. The van der Waals surface area contributed by atoms with Gasteiger partial charge < -0.3 is 49.8 Å². The number of carbonyl (C=O) groups is 3. The van der Waals surface area contributed by atoms with Gasteiger partial charge in [0.2, 0.25) is 0 Å². The lowest BCUT2D eigenvalue weighted by Gasteiger charge is -2.17. The highest BCUT2D eigenvalue weighted by Crippen LogP contribution is 1.96. The van der Waals surface area contributed by atoms with Gasteiger partial charge in [-0.05, 0) is 0 Å². The van der Waals surface area contributed by atoms with Crippen LogP contribution in [-0.2, 0) is 28.6 Å². The molecule has 0 aromatic rings. The van der Waals surface area contributed by atoms with E-state index in [4.69, 9.17) is 14.6 Å². The molecule has 0 aromatic heterocycles. The molecule has 0 spiro atoms. The number of morpholine rings is 2. The van der Waals surface area contributed by atoms with Crippen molar-refractivity contribution in [1.82, 2.24) is 0 Å². The minimum Gasteiger partial charge on any atom is -0.550 e. The summed E-state index contributed by atoms with van der Waals surface area (Å²) in [6.45, 7) is 7.49. The molecule has 2 heterocycles. The lowest BCUT2D eigenvalue weighted by molar-refractivity contribution is -0.670. The van der Waals surface area contributed by atoms with Gasteiger partial charge >= 0.3 is 5.97 Å². The molecule has 2 aliphatic rings. The lowest BCUT2D eigenvalue weighted by atomic mass is 10.2. The number of hydrogen-bond donors (Lipinski definition) is 3. The molecule has 2 fully saturated rings. The number of carboxylic acids is 3. The highest BCUT2D eigenvalue weighted by molar-refractivity contribution is 5.78. The summed E-state index contributed by atoms with van der Waals surface area (Å²) in [6.07, 6.45) is -2.73. The van der Waals surface area contributed by atoms with Gasteiger partial charge in [-0.25, -0.2) is 4.79 Å². The van der Waals surface area contributed by atoms with Gasteiger partial charge in [0.25, 0.3) is 0 Å². The molecule has 2 rings (SSSR count).